The van der Waals surface area contributed by atoms with Gasteiger partial charge in [-0.15, -0.1) is 0 Å². The van der Waals surface area contributed by atoms with Gasteiger partial charge in [0.05, 0.1) is 5.56 Å². The molecule has 1 N–H and O–H groups in total. The summed E-state index contributed by atoms with van der Waals surface area (Å²) in [4.78, 5) is 22.4. The van der Waals surface area contributed by atoms with E-state index in [0.29, 0.717) is 0 Å². The van der Waals surface area contributed by atoms with Gasteiger partial charge in [-0.1, -0.05) is 54.6 Å². The minimum absolute atomic E-state index is 0.124. The quantitative estimate of drug-likeness (QED) is 0.849. The summed E-state index contributed by atoms with van der Waals surface area (Å²) in [6, 6.07) is 15.9. The molecular formula is C18H14O3. The summed E-state index contributed by atoms with van der Waals surface area (Å²) in [5.41, 5.74) is 1.97. The van der Waals surface area contributed by atoms with Gasteiger partial charge in [0.15, 0.2) is 5.78 Å². The number of benzene rings is 2. The van der Waals surface area contributed by atoms with E-state index in [9.17, 15) is 9.59 Å². The highest BCUT2D eigenvalue weighted by Crippen LogP contribution is 2.07. The van der Waals surface area contributed by atoms with Gasteiger partial charge in [0.1, 0.15) is 0 Å². The molecular weight excluding hydrogens is 264 g/mol. The van der Waals surface area contributed by atoms with Gasteiger partial charge in [-0.2, -0.15) is 0 Å². The topological polar surface area (TPSA) is 54.4 Å². The number of carbonyl (C=O) groups is 2. The summed E-state index contributed by atoms with van der Waals surface area (Å²) >= 11 is 0. The van der Waals surface area contributed by atoms with E-state index >= 15 is 0 Å². The predicted molar refractivity (Wildman–Crippen MR) is 82.9 cm³/mol. The Morgan fingerprint density at radius 1 is 0.762 bits per heavy atom. The Labute approximate surface area is 122 Å². The molecule has 3 heteroatoms. The molecule has 0 spiro atoms. The van der Waals surface area contributed by atoms with Crippen LogP contribution in [0, 0.1) is 0 Å². The second-order valence-corrected chi connectivity index (χ2v) is 4.41. The molecule has 2 aromatic carbocycles. The molecule has 0 aliphatic carbocycles. The lowest BCUT2D eigenvalue weighted by atomic mass is 10.1. The lowest BCUT2D eigenvalue weighted by Gasteiger charge is -1.95. The van der Waals surface area contributed by atoms with Crippen molar-refractivity contribution in [1.82, 2.24) is 0 Å². The summed E-state index contributed by atoms with van der Waals surface area (Å²) in [5.74, 6) is -1.09. The summed E-state index contributed by atoms with van der Waals surface area (Å²) in [6.07, 6.45) is 6.36. The highest BCUT2D eigenvalue weighted by Gasteiger charge is 2.00. The highest BCUT2D eigenvalue weighted by molar-refractivity contribution is 6.04. The molecule has 3 nitrogen and oxygen atoms in total. The average Bonchev–Trinajstić information content (AvgIpc) is 2.52. The maximum atomic E-state index is 11.7. The number of carboxylic acids is 1. The van der Waals surface area contributed by atoms with Crippen LogP contribution in [0.1, 0.15) is 21.5 Å². The van der Waals surface area contributed by atoms with Crippen molar-refractivity contribution >= 4 is 23.9 Å². The Balaban J connectivity index is 1.99. The molecule has 0 aromatic heterocycles. The Hall–Kier alpha value is -2.94. The largest absolute Gasteiger partial charge is 0.478 e. The highest BCUT2D eigenvalue weighted by atomic mass is 16.4. The third-order valence-electron chi connectivity index (χ3n) is 2.84. The Morgan fingerprint density at radius 2 is 1.29 bits per heavy atom. The van der Waals surface area contributed by atoms with E-state index in [-0.39, 0.29) is 11.3 Å². The first-order chi connectivity index (χ1) is 10.1. The SMILES string of the molecule is O=C(/C=C/c1ccccc1)/C=C/c1ccc(C(=O)O)cc1. The smallest absolute Gasteiger partial charge is 0.335 e. The Kier molecular flexibility index (Phi) is 4.83. The molecule has 0 aliphatic heterocycles. The summed E-state index contributed by atoms with van der Waals surface area (Å²) in [6.45, 7) is 0. The second-order valence-electron chi connectivity index (χ2n) is 4.41. The van der Waals surface area contributed by atoms with Gasteiger partial charge in [0, 0.05) is 0 Å². The lowest BCUT2D eigenvalue weighted by molar-refractivity contribution is -0.110. The van der Waals surface area contributed by atoms with E-state index in [1.54, 1.807) is 24.3 Å². The Bertz CT molecular complexity index is 680. The van der Waals surface area contributed by atoms with Crippen molar-refractivity contribution in [2.45, 2.75) is 0 Å². The van der Waals surface area contributed by atoms with Crippen LogP contribution in [-0.4, -0.2) is 16.9 Å². The molecule has 0 aliphatic rings. The minimum Gasteiger partial charge on any atom is -0.478 e. The van der Waals surface area contributed by atoms with Crippen LogP contribution in [0.25, 0.3) is 12.2 Å². The molecule has 2 rings (SSSR count). The maximum Gasteiger partial charge on any atom is 0.335 e. The monoisotopic (exact) mass is 278 g/mol. The van der Waals surface area contributed by atoms with Gasteiger partial charge in [-0.05, 0) is 35.4 Å². The van der Waals surface area contributed by atoms with E-state index in [1.165, 1.54) is 24.3 Å². The van der Waals surface area contributed by atoms with Gasteiger partial charge in [-0.3, -0.25) is 4.79 Å². The van der Waals surface area contributed by atoms with Gasteiger partial charge in [0.25, 0.3) is 0 Å². The number of carboxylic acid groups (broad SMARTS) is 1. The van der Waals surface area contributed by atoms with Gasteiger partial charge in [0.2, 0.25) is 0 Å². The third kappa shape index (κ3) is 4.58. The second kappa shape index (κ2) is 7.01. The number of rotatable bonds is 5. The van der Waals surface area contributed by atoms with Crippen LogP contribution in [0.5, 0.6) is 0 Å². The van der Waals surface area contributed by atoms with Gasteiger partial charge in [-0.25, -0.2) is 4.79 Å². The van der Waals surface area contributed by atoms with E-state index < -0.39 is 5.97 Å². The summed E-state index contributed by atoms with van der Waals surface area (Å²) in [5, 5.41) is 8.79. The molecule has 0 bridgehead atoms. The van der Waals surface area contributed by atoms with Crippen molar-refractivity contribution in [3.63, 3.8) is 0 Å². The van der Waals surface area contributed by atoms with Crippen LogP contribution in [0.2, 0.25) is 0 Å². The van der Waals surface area contributed by atoms with Crippen LogP contribution in [0.4, 0.5) is 0 Å². The van der Waals surface area contributed by atoms with Crippen molar-refractivity contribution in [1.29, 1.82) is 0 Å². The maximum absolute atomic E-state index is 11.7. The van der Waals surface area contributed by atoms with Crippen molar-refractivity contribution in [2.75, 3.05) is 0 Å². The molecule has 104 valence electrons. The zero-order valence-electron chi connectivity index (χ0n) is 11.3. The van der Waals surface area contributed by atoms with Gasteiger partial charge >= 0.3 is 5.97 Å². The molecule has 0 fully saturated rings. The molecule has 0 atom stereocenters. The van der Waals surface area contributed by atoms with Crippen LogP contribution in [0.15, 0.2) is 66.7 Å². The van der Waals surface area contributed by atoms with Crippen molar-refractivity contribution in [2.24, 2.45) is 0 Å². The molecule has 21 heavy (non-hydrogen) atoms. The average molecular weight is 278 g/mol. The standard InChI is InChI=1S/C18H14O3/c19-17(12-8-14-4-2-1-3-5-14)13-9-15-6-10-16(11-7-15)18(20)21/h1-13H,(H,20,21)/b12-8+,13-9+. The van der Waals surface area contributed by atoms with E-state index in [1.807, 2.05) is 30.3 Å². The molecule has 0 saturated carbocycles. The fraction of sp³-hybridized carbons (Fsp3) is 0. The summed E-state index contributed by atoms with van der Waals surface area (Å²) < 4.78 is 0. The van der Waals surface area contributed by atoms with Gasteiger partial charge < -0.3 is 5.11 Å². The number of ketones is 1. The molecule has 0 unspecified atom stereocenters. The van der Waals surface area contributed by atoms with Crippen LogP contribution in [-0.2, 0) is 4.79 Å². The first kappa shape index (κ1) is 14.5. The van der Waals surface area contributed by atoms with Crippen molar-refractivity contribution in [3.05, 3.63) is 83.4 Å². The van der Waals surface area contributed by atoms with E-state index in [4.69, 9.17) is 5.11 Å². The first-order valence-electron chi connectivity index (χ1n) is 6.44. The van der Waals surface area contributed by atoms with E-state index in [0.717, 1.165) is 11.1 Å². The van der Waals surface area contributed by atoms with Crippen LogP contribution >= 0.6 is 0 Å². The molecule has 2 aromatic rings. The summed E-state index contributed by atoms with van der Waals surface area (Å²) in [7, 11) is 0. The fourth-order valence-electron chi connectivity index (χ4n) is 1.71. The van der Waals surface area contributed by atoms with Crippen LogP contribution < -0.4 is 0 Å². The van der Waals surface area contributed by atoms with Crippen molar-refractivity contribution < 1.29 is 14.7 Å². The fourth-order valence-corrected chi connectivity index (χ4v) is 1.71. The zero-order chi connectivity index (χ0) is 15.1. The molecule has 0 radical (unpaired) electrons. The van der Waals surface area contributed by atoms with Crippen molar-refractivity contribution in [3.8, 4) is 0 Å². The first-order valence-corrected chi connectivity index (χ1v) is 6.44. The molecule has 0 saturated heterocycles. The third-order valence-corrected chi connectivity index (χ3v) is 2.84. The Morgan fingerprint density at radius 3 is 1.81 bits per heavy atom. The number of allylic oxidation sites excluding steroid dienone is 2. The predicted octanol–water partition coefficient (Wildman–Crippen LogP) is 3.68. The number of hydrogen-bond donors (Lipinski definition) is 1. The molecule has 0 amide bonds. The number of carbonyl (C=O) groups excluding carboxylic acids is 1. The van der Waals surface area contributed by atoms with Crippen LogP contribution in [0.3, 0.4) is 0 Å². The molecule has 0 heterocycles. The number of aromatic carboxylic acids is 1. The lowest BCUT2D eigenvalue weighted by Crippen LogP contribution is -1.94. The normalized spacial score (nSPS) is 11.0. The zero-order valence-corrected chi connectivity index (χ0v) is 11.3. The minimum atomic E-state index is -0.965. The number of hydrogen-bond acceptors (Lipinski definition) is 2. The van der Waals surface area contributed by atoms with E-state index in [2.05, 4.69) is 0 Å².